The molecule has 3 aliphatic rings. The van der Waals surface area contributed by atoms with Crippen LogP contribution in [0, 0.1) is 11.8 Å². The van der Waals surface area contributed by atoms with Crippen LogP contribution in [0.5, 0.6) is 0 Å². The highest BCUT2D eigenvalue weighted by Gasteiger charge is 2.42. The van der Waals surface area contributed by atoms with Crippen LogP contribution in [0.2, 0.25) is 0 Å². The maximum absolute atomic E-state index is 12.1. The Balaban J connectivity index is 1.66. The summed E-state index contributed by atoms with van der Waals surface area (Å²) in [6.45, 7) is 7.94. The Bertz CT molecular complexity index is 357. The van der Waals surface area contributed by atoms with E-state index in [1.54, 1.807) is 0 Å². The molecule has 3 fully saturated rings. The number of carbonyl (C=O) groups excluding carboxylic acids is 1. The van der Waals surface area contributed by atoms with Gasteiger partial charge in [0.25, 0.3) is 0 Å². The van der Waals surface area contributed by atoms with Crippen molar-refractivity contribution in [1.82, 2.24) is 15.1 Å². The fourth-order valence-corrected chi connectivity index (χ4v) is 4.38. The Morgan fingerprint density at radius 3 is 2.30 bits per heavy atom. The quantitative estimate of drug-likeness (QED) is 0.846. The van der Waals surface area contributed by atoms with Gasteiger partial charge in [-0.2, -0.15) is 0 Å². The molecule has 20 heavy (non-hydrogen) atoms. The van der Waals surface area contributed by atoms with E-state index in [0.717, 1.165) is 24.8 Å². The second-order valence-electron chi connectivity index (χ2n) is 7.29. The SMILES string of the molecule is CC(C)N1CC2CCCC(C1)C2NC1CCN(C)C1=O. The molecule has 0 aromatic rings. The van der Waals surface area contributed by atoms with Crippen molar-refractivity contribution in [1.29, 1.82) is 0 Å². The van der Waals surface area contributed by atoms with Crippen LogP contribution in [-0.4, -0.2) is 60.5 Å². The third kappa shape index (κ3) is 2.60. The van der Waals surface area contributed by atoms with E-state index >= 15 is 0 Å². The van der Waals surface area contributed by atoms with Crippen LogP contribution >= 0.6 is 0 Å². The number of likely N-dealkylation sites (tertiary alicyclic amines) is 2. The molecule has 0 aromatic carbocycles. The average Bonchev–Trinajstić information content (AvgIpc) is 2.70. The topological polar surface area (TPSA) is 35.6 Å². The smallest absolute Gasteiger partial charge is 0.239 e. The van der Waals surface area contributed by atoms with Crippen LogP contribution in [0.4, 0.5) is 0 Å². The third-order valence-electron chi connectivity index (χ3n) is 5.66. The second kappa shape index (κ2) is 5.64. The summed E-state index contributed by atoms with van der Waals surface area (Å²) >= 11 is 0. The van der Waals surface area contributed by atoms with Crippen molar-refractivity contribution in [2.24, 2.45) is 11.8 Å². The molecule has 4 nitrogen and oxygen atoms in total. The summed E-state index contributed by atoms with van der Waals surface area (Å²) in [4.78, 5) is 16.6. The molecule has 114 valence electrons. The lowest BCUT2D eigenvalue weighted by Gasteiger charge is -2.49. The Hall–Kier alpha value is -0.610. The summed E-state index contributed by atoms with van der Waals surface area (Å²) in [7, 11) is 1.92. The Kier molecular flexibility index (Phi) is 4.04. The summed E-state index contributed by atoms with van der Waals surface area (Å²) in [6, 6.07) is 1.30. The van der Waals surface area contributed by atoms with Crippen molar-refractivity contribution < 1.29 is 4.79 Å². The number of carbonyl (C=O) groups is 1. The van der Waals surface area contributed by atoms with Gasteiger partial charge in [-0.3, -0.25) is 4.79 Å². The predicted molar refractivity (Wildman–Crippen MR) is 80.5 cm³/mol. The summed E-state index contributed by atoms with van der Waals surface area (Å²) in [5.74, 6) is 1.78. The van der Waals surface area contributed by atoms with Crippen molar-refractivity contribution in [3.8, 4) is 0 Å². The highest BCUT2D eigenvalue weighted by molar-refractivity contribution is 5.83. The summed E-state index contributed by atoms with van der Waals surface area (Å²) in [6.07, 6.45) is 5.01. The molecule has 0 spiro atoms. The first-order valence-corrected chi connectivity index (χ1v) is 8.31. The Morgan fingerprint density at radius 2 is 1.80 bits per heavy atom. The lowest BCUT2D eigenvalue weighted by Crippen LogP contribution is -2.60. The van der Waals surface area contributed by atoms with Gasteiger partial charge in [-0.05, 0) is 44.9 Å². The van der Waals surface area contributed by atoms with Gasteiger partial charge in [0.2, 0.25) is 5.91 Å². The molecule has 1 amide bonds. The number of nitrogens with zero attached hydrogens (tertiary/aromatic N) is 2. The number of fused-ring (bicyclic) bond motifs is 2. The molecule has 3 rings (SSSR count). The zero-order valence-corrected chi connectivity index (χ0v) is 13.1. The minimum atomic E-state index is 0.0821. The van der Waals surface area contributed by atoms with Crippen LogP contribution in [0.25, 0.3) is 0 Å². The molecule has 1 aliphatic carbocycles. The predicted octanol–water partition coefficient (Wildman–Crippen LogP) is 1.32. The van der Waals surface area contributed by atoms with Gasteiger partial charge >= 0.3 is 0 Å². The van der Waals surface area contributed by atoms with E-state index in [-0.39, 0.29) is 6.04 Å². The van der Waals surface area contributed by atoms with Crippen molar-refractivity contribution in [3.05, 3.63) is 0 Å². The molecule has 2 aliphatic heterocycles. The van der Waals surface area contributed by atoms with Gasteiger partial charge in [-0.1, -0.05) is 6.42 Å². The van der Waals surface area contributed by atoms with E-state index in [2.05, 4.69) is 24.1 Å². The normalized spacial score (nSPS) is 38.8. The van der Waals surface area contributed by atoms with Gasteiger partial charge < -0.3 is 15.1 Å². The van der Waals surface area contributed by atoms with E-state index in [4.69, 9.17) is 0 Å². The number of piperidine rings is 1. The fraction of sp³-hybridized carbons (Fsp3) is 0.938. The van der Waals surface area contributed by atoms with Crippen molar-refractivity contribution in [2.45, 2.75) is 57.7 Å². The van der Waals surface area contributed by atoms with Gasteiger partial charge in [-0.15, -0.1) is 0 Å². The van der Waals surface area contributed by atoms with E-state index in [9.17, 15) is 4.79 Å². The molecule has 1 saturated carbocycles. The minimum absolute atomic E-state index is 0.0821. The number of likely N-dealkylation sites (N-methyl/N-ethyl adjacent to an activating group) is 1. The van der Waals surface area contributed by atoms with E-state index in [1.165, 1.54) is 32.4 Å². The van der Waals surface area contributed by atoms with Crippen LogP contribution in [-0.2, 0) is 4.79 Å². The van der Waals surface area contributed by atoms with Gasteiger partial charge in [0.1, 0.15) is 0 Å². The molecule has 2 heterocycles. The number of nitrogens with one attached hydrogen (secondary N) is 1. The fourth-order valence-electron chi connectivity index (χ4n) is 4.38. The first-order chi connectivity index (χ1) is 9.56. The first kappa shape index (κ1) is 14.3. The molecule has 3 atom stereocenters. The standard InChI is InChI=1S/C16H29N3O/c1-11(2)19-9-12-5-4-6-13(10-19)15(12)17-14-7-8-18(3)16(14)20/h11-15,17H,4-10H2,1-3H3. The van der Waals surface area contributed by atoms with Gasteiger partial charge in [0, 0.05) is 38.8 Å². The Morgan fingerprint density at radius 1 is 1.15 bits per heavy atom. The Labute approximate surface area is 122 Å². The summed E-state index contributed by atoms with van der Waals surface area (Å²) in [5, 5.41) is 3.74. The van der Waals surface area contributed by atoms with Crippen LogP contribution in [0.15, 0.2) is 0 Å². The minimum Gasteiger partial charge on any atom is -0.344 e. The van der Waals surface area contributed by atoms with Crippen molar-refractivity contribution >= 4 is 5.91 Å². The maximum Gasteiger partial charge on any atom is 0.239 e. The molecular formula is C16H29N3O. The average molecular weight is 279 g/mol. The molecule has 1 N–H and O–H groups in total. The molecule has 4 heteroatoms. The molecule has 3 unspecified atom stereocenters. The van der Waals surface area contributed by atoms with E-state index in [1.807, 2.05) is 11.9 Å². The largest absolute Gasteiger partial charge is 0.344 e. The van der Waals surface area contributed by atoms with Gasteiger partial charge in [0.05, 0.1) is 6.04 Å². The zero-order valence-electron chi connectivity index (χ0n) is 13.1. The monoisotopic (exact) mass is 279 g/mol. The molecular weight excluding hydrogens is 250 g/mol. The van der Waals surface area contributed by atoms with Crippen LogP contribution in [0.3, 0.4) is 0 Å². The van der Waals surface area contributed by atoms with E-state index in [0.29, 0.717) is 18.0 Å². The molecule has 0 radical (unpaired) electrons. The third-order valence-corrected chi connectivity index (χ3v) is 5.66. The summed E-state index contributed by atoms with van der Waals surface area (Å²) in [5.41, 5.74) is 0. The number of amides is 1. The first-order valence-electron chi connectivity index (χ1n) is 8.31. The number of hydrogen-bond acceptors (Lipinski definition) is 3. The number of rotatable bonds is 3. The lowest BCUT2D eigenvalue weighted by molar-refractivity contribution is -0.128. The highest BCUT2D eigenvalue weighted by Crippen LogP contribution is 2.36. The van der Waals surface area contributed by atoms with Crippen molar-refractivity contribution in [3.63, 3.8) is 0 Å². The molecule has 0 aromatic heterocycles. The second-order valence-corrected chi connectivity index (χ2v) is 7.29. The lowest BCUT2D eigenvalue weighted by atomic mass is 9.73. The van der Waals surface area contributed by atoms with Gasteiger partial charge in [-0.25, -0.2) is 0 Å². The molecule has 2 bridgehead atoms. The highest BCUT2D eigenvalue weighted by atomic mass is 16.2. The van der Waals surface area contributed by atoms with Crippen LogP contribution < -0.4 is 5.32 Å². The van der Waals surface area contributed by atoms with E-state index < -0.39 is 0 Å². The van der Waals surface area contributed by atoms with Crippen LogP contribution in [0.1, 0.15) is 39.5 Å². The summed E-state index contributed by atoms with van der Waals surface area (Å²) < 4.78 is 0. The number of hydrogen-bond donors (Lipinski definition) is 1. The zero-order chi connectivity index (χ0) is 14.3. The molecule has 2 saturated heterocycles. The maximum atomic E-state index is 12.1. The van der Waals surface area contributed by atoms with Crippen molar-refractivity contribution in [2.75, 3.05) is 26.7 Å². The van der Waals surface area contributed by atoms with Gasteiger partial charge in [0.15, 0.2) is 0 Å².